The molecular weight excluding hydrogens is 626 g/mol. The molecule has 0 radical (unpaired) electrons. The van der Waals surface area contributed by atoms with Gasteiger partial charge in [-0.15, -0.1) is 0 Å². The third-order valence-corrected chi connectivity index (χ3v) is 7.27. The second kappa shape index (κ2) is 14.8. The molecule has 1 atom stereocenters. The average molecular weight is 658 g/mol. The van der Waals surface area contributed by atoms with Crippen molar-refractivity contribution in [2.24, 2.45) is 0 Å². The molecule has 0 spiro atoms. The standard InChI is InChI=1S/C26H23N7O2.C6H8O7/c1-2-6-21(34)32-15-5-7-19(32)25-31-22(23-24(27)29-14-16-33(23)25)17-9-11-18(12-10-17)26(35)30-20-8-3-4-13-28-20;7-3(8)1-6(13,5(11)12)2-4(9)10/h3-4,8-14,16,19H,5,7,15H2,1H3,(H2,27,29)(H,28,30,35);13H,1-2H2,(H,7,8)(H,9,10)(H,11,12). The van der Waals surface area contributed by atoms with Crippen molar-refractivity contribution < 1.29 is 44.4 Å². The van der Waals surface area contributed by atoms with Gasteiger partial charge in [0.15, 0.2) is 5.60 Å². The van der Waals surface area contributed by atoms with Crippen molar-refractivity contribution in [2.45, 2.75) is 44.2 Å². The van der Waals surface area contributed by atoms with Gasteiger partial charge in [0.2, 0.25) is 0 Å². The number of carbonyl (C=O) groups is 5. The molecule has 2 amide bonds. The summed E-state index contributed by atoms with van der Waals surface area (Å²) < 4.78 is 1.90. The zero-order valence-electron chi connectivity index (χ0n) is 25.5. The van der Waals surface area contributed by atoms with Crippen LogP contribution in [0.3, 0.4) is 0 Å². The van der Waals surface area contributed by atoms with Crippen LogP contribution in [0.5, 0.6) is 0 Å². The largest absolute Gasteiger partial charge is 0.481 e. The Bertz CT molecular complexity index is 1900. The van der Waals surface area contributed by atoms with E-state index in [0.717, 1.165) is 18.4 Å². The first kappa shape index (κ1) is 34.5. The maximum Gasteiger partial charge on any atom is 0.336 e. The minimum atomic E-state index is -2.74. The number of likely N-dealkylation sites (tertiary alicyclic amines) is 1. The number of hydrogen-bond donors (Lipinski definition) is 6. The Kier molecular flexibility index (Phi) is 10.7. The average Bonchev–Trinajstić information content (AvgIpc) is 3.67. The maximum absolute atomic E-state index is 12.6. The number of benzene rings is 1. The topological polar surface area (TPSA) is 251 Å². The summed E-state index contributed by atoms with van der Waals surface area (Å²) in [7, 11) is 0. The molecule has 1 aliphatic rings. The predicted octanol–water partition coefficient (Wildman–Crippen LogP) is 2.06. The lowest BCUT2D eigenvalue weighted by Gasteiger charge is -2.21. The number of carboxylic acids is 3. The van der Waals surface area contributed by atoms with Gasteiger partial charge < -0.3 is 36.4 Å². The molecule has 1 fully saturated rings. The molecule has 4 aromatic rings. The summed E-state index contributed by atoms with van der Waals surface area (Å²) in [5, 5.41) is 36.6. The summed E-state index contributed by atoms with van der Waals surface area (Å²) in [6.07, 6.45) is 4.40. The third kappa shape index (κ3) is 7.89. The quantitative estimate of drug-likeness (QED) is 0.141. The highest BCUT2D eigenvalue weighted by Crippen LogP contribution is 2.36. The fourth-order valence-electron chi connectivity index (χ4n) is 5.10. The molecule has 5 rings (SSSR count). The lowest BCUT2D eigenvalue weighted by atomic mass is 9.96. The molecule has 0 bridgehead atoms. The SMILES string of the molecule is CC#CC(=O)N1CCCC1c1nc(-c2ccc(C(=O)Nc3ccccn3)cc2)c2c(N)nccn12.O=C(O)CC(O)(CC(=O)O)C(=O)O. The van der Waals surface area contributed by atoms with E-state index >= 15 is 0 Å². The van der Waals surface area contributed by atoms with E-state index in [0.29, 0.717) is 40.8 Å². The van der Waals surface area contributed by atoms with Crippen molar-refractivity contribution in [2.75, 3.05) is 17.6 Å². The van der Waals surface area contributed by atoms with Crippen molar-refractivity contribution in [3.8, 4) is 23.1 Å². The number of hydrogen-bond acceptors (Lipinski definition) is 10. The van der Waals surface area contributed by atoms with Gasteiger partial charge in [-0.25, -0.2) is 19.7 Å². The van der Waals surface area contributed by atoms with E-state index in [1.165, 1.54) is 0 Å². The van der Waals surface area contributed by atoms with Crippen LogP contribution in [0.4, 0.5) is 11.6 Å². The van der Waals surface area contributed by atoms with E-state index in [-0.39, 0.29) is 17.9 Å². The normalized spacial score (nSPS) is 13.9. The van der Waals surface area contributed by atoms with Gasteiger partial charge in [0.05, 0.1) is 18.9 Å². The maximum atomic E-state index is 12.6. The van der Waals surface area contributed by atoms with Gasteiger partial charge in [-0.1, -0.05) is 24.1 Å². The molecule has 0 aliphatic carbocycles. The van der Waals surface area contributed by atoms with E-state index in [1.54, 1.807) is 60.7 Å². The zero-order chi connectivity index (χ0) is 35.0. The first-order chi connectivity index (χ1) is 22.8. The van der Waals surface area contributed by atoms with Gasteiger partial charge in [-0.05, 0) is 50.0 Å². The van der Waals surface area contributed by atoms with Crippen molar-refractivity contribution in [3.05, 3.63) is 72.4 Å². The number of nitrogens with two attached hydrogens (primary N) is 1. The van der Waals surface area contributed by atoms with Crippen LogP contribution >= 0.6 is 0 Å². The van der Waals surface area contributed by atoms with Gasteiger partial charge in [0.25, 0.3) is 11.8 Å². The number of pyridine rings is 1. The van der Waals surface area contributed by atoms with Crippen LogP contribution in [-0.2, 0) is 19.2 Å². The second-order valence-electron chi connectivity index (χ2n) is 10.6. The number of carbonyl (C=O) groups excluding carboxylic acids is 2. The number of aromatic nitrogens is 4. The molecule has 248 valence electrons. The lowest BCUT2D eigenvalue weighted by Crippen LogP contribution is -2.42. The first-order valence-corrected chi connectivity index (χ1v) is 14.4. The number of fused-ring (bicyclic) bond motifs is 1. The Morgan fingerprint density at radius 1 is 1.00 bits per heavy atom. The number of rotatable bonds is 9. The number of nitrogens with one attached hydrogen (secondary N) is 1. The molecule has 4 heterocycles. The summed E-state index contributed by atoms with van der Waals surface area (Å²) in [5.41, 5.74) is 6.10. The van der Waals surface area contributed by atoms with Crippen molar-refractivity contribution in [1.29, 1.82) is 0 Å². The van der Waals surface area contributed by atoms with Crippen LogP contribution < -0.4 is 11.1 Å². The highest BCUT2D eigenvalue weighted by molar-refractivity contribution is 6.04. The summed E-state index contributed by atoms with van der Waals surface area (Å²) >= 11 is 0. The Hall–Kier alpha value is -6.34. The van der Waals surface area contributed by atoms with Gasteiger partial charge >= 0.3 is 17.9 Å². The van der Waals surface area contributed by atoms with Gasteiger partial charge in [0.1, 0.15) is 28.7 Å². The third-order valence-electron chi connectivity index (χ3n) is 7.27. The van der Waals surface area contributed by atoms with Crippen LogP contribution in [0.2, 0.25) is 0 Å². The number of aliphatic carboxylic acids is 3. The molecule has 1 aliphatic heterocycles. The number of anilines is 2. The summed E-state index contributed by atoms with van der Waals surface area (Å²) in [4.78, 5) is 70.7. The monoisotopic (exact) mass is 657 g/mol. The number of amides is 2. The zero-order valence-corrected chi connectivity index (χ0v) is 25.5. The molecule has 1 unspecified atom stereocenters. The summed E-state index contributed by atoms with van der Waals surface area (Å²) in [6, 6.07) is 12.2. The van der Waals surface area contributed by atoms with Crippen molar-refractivity contribution >= 4 is 46.9 Å². The fourth-order valence-corrected chi connectivity index (χ4v) is 5.10. The van der Waals surface area contributed by atoms with E-state index in [2.05, 4.69) is 27.1 Å². The van der Waals surface area contributed by atoms with Gasteiger partial charge in [-0.2, -0.15) is 0 Å². The highest BCUT2D eigenvalue weighted by Gasteiger charge is 2.41. The van der Waals surface area contributed by atoms with E-state index in [1.807, 2.05) is 16.5 Å². The summed E-state index contributed by atoms with van der Waals surface area (Å²) in [5.74, 6) is 1.37. The molecule has 16 nitrogen and oxygen atoms in total. The smallest absolute Gasteiger partial charge is 0.336 e. The highest BCUT2D eigenvalue weighted by atomic mass is 16.4. The Morgan fingerprint density at radius 3 is 2.27 bits per heavy atom. The molecule has 0 saturated carbocycles. The van der Waals surface area contributed by atoms with Crippen LogP contribution in [-0.4, -0.2) is 86.5 Å². The predicted molar refractivity (Wildman–Crippen MR) is 169 cm³/mol. The fraction of sp³-hybridized carbons (Fsp3) is 0.250. The van der Waals surface area contributed by atoms with Crippen LogP contribution in [0, 0.1) is 11.8 Å². The minimum Gasteiger partial charge on any atom is -0.481 e. The van der Waals surface area contributed by atoms with Gasteiger partial charge in [-0.3, -0.25) is 23.6 Å². The molecule has 3 aromatic heterocycles. The van der Waals surface area contributed by atoms with E-state index < -0.39 is 36.4 Å². The molecule has 7 N–H and O–H groups in total. The Balaban J connectivity index is 0.000000341. The van der Waals surface area contributed by atoms with E-state index in [9.17, 15) is 24.0 Å². The Labute approximate surface area is 272 Å². The van der Waals surface area contributed by atoms with Crippen LogP contribution in [0.25, 0.3) is 16.8 Å². The number of carboxylic acid groups (broad SMARTS) is 3. The Morgan fingerprint density at radius 2 is 1.69 bits per heavy atom. The molecule has 16 heteroatoms. The number of aliphatic hydroxyl groups is 1. The summed E-state index contributed by atoms with van der Waals surface area (Å²) in [6.45, 7) is 2.28. The molecule has 1 saturated heterocycles. The molecular formula is C32H31N7O9. The van der Waals surface area contributed by atoms with Crippen LogP contribution in [0.1, 0.15) is 54.8 Å². The van der Waals surface area contributed by atoms with Crippen molar-refractivity contribution in [3.63, 3.8) is 0 Å². The number of nitrogens with zero attached hydrogens (tertiary/aromatic N) is 5. The van der Waals surface area contributed by atoms with Crippen LogP contribution in [0.15, 0.2) is 61.1 Å². The second-order valence-corrected chi connectivity index (χ2v) is 10.6. The minimum absolute atomic E-state index is 0.210. The number of nitrogen functional groups attached to an aromatic ring is 1. The molecule has 1 aromatic carbocycles. The lowest BCUT2D eigenvalue weighted by molar-refractivity contribution is -0.170. The van der Waals surface area contributed by atoms with Crippen molar-refractivity contribution in [1.82, 2.24) is 24.3 Å². The first-order valence-electron chi connectivity index (χ1n) is 14.4. The van der Waals surface area contributed by atoms with E-state index in [4.69, 9.17) is 31.1 Å². The molecule has 48 heavy (non-hydrogen) atoms. The number of imidazole rings is 1. The van der Waals surface area contributed by atoms with Gasteiger partial charge in [0, 0.05) is 36.3 Å².